The second-order valence-electron chi connectivity index (χ2n) is 7.67. The lowest BCUT2D eigenvalue weighted by molar-refractivity contribution is -0.116. The van der Waals surface area contributed by atoms with Gasteiger partial charge in [0.2, 0.25) is 5.91 Å². The standard InChI is InChI=1S/C23H31N3O4/c1-7-12-26(13-19(27)25-18-11-9-8-10-15(18)4)22(28)21-16(5)20(17(6)24-21)23(29)30-14(2)3/h8-11,14,24H,7,12-13H2,1-6H3,(H,25,27). The van der Waals surface area contributed by atoms with Gasteiger partial charge in [-0.3, -0.25) is 9.59 Å². The molecule has 0 aliphatic heterocycles. The van der Waals surface area contributed by atoms with Crippen molar-refractivity contribution in [2.24, 2.45) is 0 Å². The fourth-order valence-electron chi connectivity index (χ4n) is 3.30. The van der Waals surface area contributed by atoms with Gasteiger partial charge in [0.25, 0.3) is 5.91 Å². The van der Waals surface area contributed by atoms with Gasteiger partial charge in [-0.15, -0.1) is 0 Å². The van der Waals surface area contributed by atoms with E-state index in [0.717, 1.165) is 11.3 Å². The molecule has 2 amide bonds. The summed E-state index contributed by atoms with van der Waals surface area (Å²) in [6.45, 7) is 11.2. The van der Waals surface area contributed by atoms with Crippen LogP contribution in [0.2, 0.25) is 0 Å². The van der Waals surface area contributed by atoms with Crippen molar-refractivity contribution in [2.45, 2.75) is 54.1 Å². The number of benzene rings is 1. The Kier molecular flexibility index (Phi) is 7.80. The number of rotatable bonds is 8. The first kappa shape index (κ1) is 23.2. The second-order valence-corrected chi connectivity index (χ2v) is 7.67. The van der Waals surface area contributed by atoms with Gasteiger partial charge in [0.1, 0.15) is 12.2 Å². The molecule has 0 fully saturated rings. The molecule has 0 aliphatic carbocycles. The van der Waals surface area contributed by atoms with Gasteiger partial charge in [-0.2, -0.15) is 0 Å². The number of carbonyl (C=O) groups is 3. The van der Waals surface area contributed by atoms with Crippen molar-refractivity contribution < 1.29 is 19.1 Å². The number of aromatic nitrogens is 1. The smallest absolute Gasteiger partial charge is 0.340 e. The second kappa shape index (κ2) is 10.1. The monoisotopic (exact) mass is 413 g/mol. The molecule has 1 aromatic heterocycles. The molecular weight excluding hydrogens is 382 g/mol. The highest BCUT2D eigenvalue weighted by molar-refractivity contribution is 6.02. The van der Waals surface area contributed by atoms with Crippen LogP contribution in [0.25, 0.3) is 0 Å². The van der Waals surface area contributed by atoms with E-state index >= 15 is 0 Å². The van der Waals surface area contributed by atoms with Crippen LogP contribution in [0.1, 0.15) is 64.9 Å². The number of para-hydroxylation sites is 1. The van der Waals surface area contributed by atoms with Crippen LogP contribution in [0.3, 0.4) is 0 Å². The van der Waals surface area contributed by atoms with Crippen molar-refractivity contribution in [1.82, 2.24) is 9.88 Å². The number of hydrogen-bond donors (Lipinski definition) is 2. The average Bonchev–Trinajstić information content (AvgIpc) is 2.96. The minimum atomic E-state index is -0.463. The Bertz CT molecular complexity index is 931. The summed E-state index contributed by atoms with van der Waals surface area (Å²) < 4.78 is 5.29. The molecule has 0 saturated carbocycles. The number of ether oxygens (including phenoxy) is 1. The molecule has 1 aromatic carbocycles. The highest BCUT2D eigenvalue weighted by Crippen LogP contribution is 2.21. The van der Waals surface area contributed by atoms with Gasteiger partial charge < -0.3 is 19.9 Å². The molecule has 0 radical (unpaired) electrons. The van der Waals surface area contributed by atoms with Crippen molar-refractivity contribution in [3.63, 3.8) is 0 Å². The minimum Gasteiger partial charge on any atom is -0.459 e. The zero-order valence-corrected chi connectivity index (χ0v) is 18.6. The summed E-state index contributed by atoms with van der Waals surface area (Å²) >= 11 is 0. The SMILES string of the molecule is CCCN(CC(=O)Nc1ccccc1C)C(=O)c1[nH]c(C)c(C(=O)OC(C)C)c1C. The summed E-state index contributed by atoms with van der Waals surface area (Å²) in [5, 5.41) is 2.86. The Morgan fingerprint density at radius 3 is 2.40 bits per heavy atom. The number of nitrogens with zero attached hydrogens (tertiary/aromatic N) is 1. The number of amides is 2. The average molecular weight is 414 g/mol. The Hall–Kier alpha value is -3.09. The number of nitrogens with one attached hydrogen (secondary N) is 2. The number of anilines is 1. The molecule has 7 nitrogen and oxygen atoms in total. The first-order chi connectivity index (χ1) is 14.1. The lowest BCUT2D eigenvalue weighted by Crippen LogP contribution is -2.39. The quantitative estimate of drug-likeness (QED) is 0.640. The molecule has 0 atom stereocenters. The molecule has 162 valence electrons. The van der Waals surface area contributed by atoms with Crippen molar-refractivity contribution in [3.05, 3.63) is 52.3 Å². The molecule has 2 aromatic rings. The summed E-state index contributed by atoms with van der Waals surface area (Å²) in [6, 6.07) is 7.48. The van der Waals surface area contributed by atoms with Crippen LogP contribution in [0.15, 0.2) is 24.3 Å². The predicted molar refractivity (Wildman–Crippen MR) is 117 cm³/mol. The third-order valence-corrected chi connectivity index (χ3v) is 4.73. The van der Waals surface area contributed by atoms with Crippen LogP contribution in [0.5, 0.6) is 0 Å². The van der Waals surface area contributed by atoms with Crippen LogP contribution in [0.4, 0.5) is 5.69 Å². The summed E-state index contributed by atoms with van der Waals surface area (Å²) in [7, 11) is 0. The van der Waals surface area contributed by atoms with E-state index in [4.69, 9.17) is 4.74 Å². The van der Waals surface area contributed by atoms with E-state index in [9.17, 15) is 14.4 Å². The Labute approximate surface area is 177 Å². The van der Waals surface area contributed by atoms with Crippen molar-refractivity contribution in [1.29, 1.82) is 0 Å². The molecule has 0 spiro atoms. The van der Waals surface area contributed by atoms with Crippen LogP contribution >= 0.6 is 0 Å². The van der Waals surface area contributed by atoms with Crippen LogP contribution < -0.4 is 5.32 Å². The van der Waals surface area contributed by atoms with Gasteiger partial charge in [0, 0.05) is 17.9 Å². The minimum absolute atomic E-state index is 0.0791. The normalized spacial score (nSPS) is 10.8. The van der Waals surface area contributed by atoms with E-state index in [1.54, 1.807) is 27.7 Å². The maximum Gasteiger partial charge on any atom is 0.340 e. The van der Waals surface area contributed by atoms with E-state index < -0.39 is 5.97 Å². The fourth-order valence-corrected chi connectivity index (χ4v) is 3.30. The lowest BCUT2D eigenvalue weighted by Gasteiger charge is -2.22. The Morgan fingerprint density at radius 1 is 1.13 bits per heavy atom. The highest BCUT2D eigenvalue weighted by atomic mass is 16.5. The van der Waals surface area contributed by atoms with Crippen molar-refractivity contribution >= 4 is 23.5 Å². The molecule has 0 unspecified atom stereocenters. The van der Waals surface area contributed by atoms with Crippen LogP contribution in [-0.4, -0.2) is 46.9 Å². The summed E-state index contributed by atoms with van der Waals surface area (Å²) in [4.78, 5) is 42.7. The number of carbonyl (C=O) groups excluding carboxylic acids is 3. The predicted octanol–water partition coefficient (Wildman–Crippen LogP) is 4.00. The van der Waals surface area contributed by atoms with Gasteiger partial charge >= 0.3 is 5.97 Å². The maximum atomic E-state index is 13.2. The van der Waals surface area contributed by atoms with Crippen molar-refractivity contribution in [2.75, 3.05) is 18.4 Å². The third kappa shape index (κ3) is 5.49. The molecule has 2 N–H and O–H groups in total. The van der Waals surface area contributed by atoms with E-state index in [1.807, 2.05) is 38.1 Å². The topological polar surface area (TPSA) is 91.5 Å². The van der Waals surface area contributed by atoms with Crippen LogP contribution in [-0.2, 0) is 9.53 Å². The summed E-state index contributed by atoms with van der Waals surface area (Å²) in [5.41, 5.74) is 3.44. The molecule has 0 aliphatic rings. The van der Waals surface area contributed by atoms with E-state index in [-0.39, 0.29) is 24.5 Å². The van der Waals surface area contributed by atoms with E-state index in [1.165, 1.54) is 4.90 Å². The maximum absolute atomic E-state index is 13.2. The van der Waals surface area contributed by atoms with Crippen LogP contribution in [0, 0.1) is 20.8 Å². The zero-order valence-electron chi connectivity index (χ0n) is 18.6. The number of aromatic amines is 1. The van der Waals surface area contributed by atoms with Gasteiger partial charge in [-0.1, -0.05) is 25.1 Å². The number of esters is 1. The molecule has 0 saturated heterocycles. The molecule has 7 heteroatoms. The van der Waals surface area contributed by atoms with E-state index in [0.29, 0.717) is 35.5 Å². The lowest BCUT2D eigenvalue weighted by atomic mass is 10.1. The van der Waals surface area contributed by atoms with Gasteiger partial charge in [0.05, 0.1) is 11.7 Å². The number of H-pyrrole nitrogens is 1. The van der Waals surface area contributed by atoms with Gasteiger partial charge in [-0.25, -0.2) is 4.79 Å². The Balaban J connectivity index is 2.22. The van der Waals surface area contributed by atoms with E-state index in [2.05, 4.69) is 10.3 Å². The summed E-state index contributed by atoms with van der Waals surface area (Å²) in [5.74, 6) is -1.05. The van der Waals surface area contributed by atoms with Gasteiger partial charge in [-0.05, 0) is 58.2 Å². The summed E-state index contributed by atoms with van der Waals surface area (Å²) in [6.07, 6.45) is 0.441. The molecule has 1 heterocycles. The largest absolute Gasteiger partial charge is 0.459 e. The van der Waals surface area contributed by atoms with Gasteiger partial charge in [0.15, 0.2) is 0 Å². The molecule has 0 bridgehead atoms. The Morgan fingerprint density at radius 2 is 1.80 bits per heavy atom. The molecule has 2 rings (SSSR count). The first-order valence-corrected chi connectivity index (χ1v) is 10.2. The molecular formula is C23H31N3O4. The number of hydrogen-bond acceptors (Lipinski definition) is 4. The molecule has 30 heavy (non-hydrogen) atoms. The first-order valence-electron chi connectivity index (χ1n) is 10.2. The zero-order chi connectivity index (χ0) is 22.4. The fraction of sp³-hybridized carbons (Fsp3) is 0.435. The van der Waals surface area contributed by atoms with Crippen molar-refractivity contribution in [3.8, 4) is 0 Å². The highest BCUT2D eigenvalue weighted by Gasteiger charge is 2.27. The third-order valence-electron chi connectivity index (χ3n) is 4.73. The number of aryl methyl sites for hydroxylation is 2.